The van der Waals surface area contributed by atoms with E-state index in [1.54, 1.807) is 6.07 Å². The summed E-state index contributed by atoms with van der Waals surface area (Å²) in [5.74, 6) is 0. The van der Waals surface area contributed by atoms with Crippen LogP contribution in [0.3, 0.4) is 0 Å². The number of nitrogens with one attached hydrogen (secondary N) is 1. The Morgan fingerprint density at radius 3 is 2.79 bits per heavy atom. The highest BCUT2D eigenvalue weighted by Gasteiger charge is 2.12. The molecule has 0 fully saturated rings. The van der Waals surface area contributed by atoms with Gasteiger partial charge < -0.3 is 5.32 Å². The smallest absolute Gasteiger partial charge is 0.288 e. The van der Waals surface area contributed by atoms with Crippen LogP contribution in [-0.4, -0.2) is 11.0 Å². The minimum absolute atomic E-state index is 0.0281. The van der Waals surface area contributed by atoms with Crippen LogP contribution in [0.4, 0.5) is 5.69 Å². The van der Waals surface area contributed by atoms with E-state index in [2.05, 4.69) is 19.2 Å². The van der Waals surface area contributed by atoms with E-state index in [1.165, 1.54) is 25.3 Å². The summed E-state index contributed by atoms with van der Waals surface area (Å²) in [6.45, 7) is 4.95. The van der Waals surface area contributed by atoms with Crippen LogP contribution >= 0.6 is 11.6 Å². The van der Waals surface area contributed by atoms with Gasteiger partial charge in [0.15, 0.2) is 0 Å². The summed E-state index contributed by atoms with van der Waals surface area (Å²) in [7, 11) is 0. The molecule has 1 N–H and O–H groups in total. The average Bonchev–Trinajstić information content (AvgIpc) is 2.37. The molecule has 1 aromatic rings. The molecule has 0 aliphatic heterocycles. The highest BCUT2D eigenvalue weighted by molar-refractivity contribution is 6.32. The molecule has 0 aromatic heterocycles. The first-order valence-corrected chi connectivity index (χ1v) is 7.08. The maximum absolute atomic E-state index is 10.8. The molecule has 5 heteroatoms. The Morgan fingerprint density at radius 1 is 1.42 bits per heavy atom. The lowest BCUT2D eigenvalue weighted by Crippen LogP contribution is -2.25. The van der Waals surface area contributed by atoms with E-state index in [-0.39, 0.29) is 10.7 Å². The lowest BCUT2D eigenvalue weighted by Gasteiger charge is -2.13. The minimum Gasteiger partial charge on any atom is -0.310 e. The normalized spacial score (nSPS) is 12.4. The standard InChI is InChI=1S/C14H21ClN2O2/c1-3-4-5-6-11(2)16-10-12-7-8-13(15)14(9-12)17(18)19/h7-9,11,16H,3-6,10H2,1-2H3. The second kappa shape index (κ2) is 8.12. The Balaban J connectivity index is 2.49. The summed E-state index contributed by atoms with van der Waals surface area (Å²) in [4.78, 5) is 10.3. The van der Waals surface area contributed by atoms with E-state index in [4.69, 9.17) is 11.6 Å². The van der Waals surface area contributed by atoms with Crippen molar-refractivity contribution >= 4 is 17.3 Å². The van der Waals surface area contributed by atoms with Gasteiger partial charge in [0, 0.05) is 18.7 Å². The minimum atomic E-state index is -0.448. The van der Waals surface area contributed by atoms with Crippen molar-refractivity contribution in [2.75, 3.05) is 0 Å². The Hall–Kier alpha value is -1.13. The van der Waals surface area contributed by atoms with E-state index in [0.29, 0.717) is 12.6 Å². The molecule has 0 aliphatic carbocycles. The van der Waals surface area contributed by atoms with Crippen LogP contribution in [0.1, 0.15) is 45.1 Å². The zero-order valence-corrected chi connectivity index (χ0v) is 12.2. The van der Waals surface area contributed by atoms with Crippen molar-refractivity contribution in [3.63, 3.8) is 0 Å². The number of unbranched alkanes of at least 4 members (excludes halogenated alkanes) is 2. The van der Waals surface area contributed by atoms with E-state index < -0.39 is 4.92 Å². The number of rotatable bonds is 8. The number of halogens is 1. The number of nitro benzene ring substituents is 1. The fourth-order valence-electron chi connectivity index (χ4n) is 1.90. The third kappa shape index (κ3) is 5.57. The molecule has 0 heterocycles. The maximum Gasteiger partial charge on any atom is 0.288 e. The molecule has 0 saturated carbocycles. The maximum atomic E-state index is 10.8. The summed E-state index contributed by atoms with van der Waals surface area (Å²) in [6.07, 6.45) is 4.81. The highest BCUT2D eigenvalue weighted by Crippen LogP contribution is 2.25. The van der Waals surface area contributed by atoms with Gasteiger partial charge in [0.1, 0.15) is 5.02 Å². The quantitative estimate of drug-likeness (QED) is 0.440. The SMILES string of the molecule is CCCCCC(C)NCc1ccc(Cl)c([N+](=O)[O-])c1. The van der Waals surface area contributed by atoms with Crippen molar-refractivity contribution in [3.05, 3.63) is 38.9 Å². The molecular weight excluding hydrogens is 264 g/mol. The van der Waals surface area contributed by atoms with Crippen LogP contribution in [-0.2, 0) is 6.54 Å². The topological polar surface area (TPSA) is 55.2 Å². The molecule has 106 valence electrons. The van der Waals surface area contributed by atoms with Crippen molar-refractivity contribution < 1.29 is 4.92 Å². The monoisotopic (exact) mass is 284 g/mol. The zero-order valence-electron chi connectivity index (χ0n) is 11.5. The fourth-order valence-corrected chi connectivity index (χ4v) is 2.09. The van der Waals surface area contributed by atoms with Crippen LogP contribution in [0.5, 0.6) is 0 Å². The molecule has 0 spiro atoms. The van der Waals surface area contributed by atoms with Gasteiger partial charge in [0.05, 0.1) is 4.92 Å². The molecular formula is C14H21ClN2O2. The van der Waals surface area contributed by atoms with Gasteiger partial charge in [-0.3, -0.25) is 10.1 Å². The van der Waals surface area contributed by atoms with E-state index in [0.717, 1.165) is 12.0 Å². The number of hydrogen-bond acceptors (Lipinski definition) is 3. The Morgan fingerprint density at radius 2 is 2.16 bits per heavy atom. The third-order valence-electron chi connectivity index (χ3n) is 3.10. The van der Waals surface area contributed by atoms with Crippen LogP contribution in [0, 0.1) is 10.1 Å². The summed E-state index contributed by atoms with van der Waals surface area (Å²) in [5.41, 5.74) is 0.859. The number of nitrogens with zero attached hydrogens (tertiary/aromatic N) is 1. The van der Waals surface area contributed by atoms with Gasteiger partial charge in [-0.05, 0) is 25.0 Å². The molecule has 19 heavy (non-hydrogen) atoms. The zero-order chi connectivity index (χ0) is 14.3. The van der Waals surface area contributed by atoms with Gasteiger partial charge >= 0.3 is 0 Å². The Kier molecular flexibility index (Phi) is 6.81. The average molecular weight is 285 g/mol. The van der Waals surface area contributed by atoms with Crippen molar-refractivity contribution in [2.24, 2.45) is 0 Å². The van der Waals surface area contributed by atoms with Crippen LogP contribution in [0.15, 0.2) is 18.2 Å². The highest BCUT2D eigenvalue weighted by atomic mass is 35.5. The molecule has 1 rings (SSSR count). The molecule has 1 atom stereocenters. The molecule has 0 bridgehead atoms. The molecule has 1 aromatic carbocycles. The molecule has 0 saturated heterocycles. The predicted octanol–water partition coefficient (Wildman–Crippen LogP) is 4.31. The largest absolute Gasteiger partial charge is 0.310 e. The van der Waals surface area contributed by atoms with Crippen molar-refractivity contribution in [3.8, 4) is 0 Å². The molecule has 0 amide bonds. The molecule has 1 unspecified atom stereocenters. The lowest BCUT2D eigenvalue weighted by molar-refractivity contribution is -0.384. The van der Waals surface area contributed by atoms with Gasteiger partial charge in [-0.2, -0.15) is 0 Å². The second-order valence-electron chi connectivity index (χ2n) is 4.82. The fraction of sp³-hybridized carbons (Fsp3) is 0.571. The van der Waals surface area contributed by atoms with Crippen LogP contribution < -0.4 is 5.32 Å². The summed E-state index contributed by atoms with van der Waals surface area (Å²) < 4.78 is 0. The van der Waals surface area contributed by atoms with Gasteiger partial charge in [-0.25, -0.2) is 0 Å². The first kappa shape index (κ1) is 15.9. The van der Waals surface area contributed by atoms with Crippen molar-refractivity contribution in [1.29, 1.82) is 0 Å². The lowest BCUT2D eigenvalue weighted by atomic mass is 10.1. The first-order chi connectivity index (χ1) is 9.04. The molecule has 0 aliphatic rings. The predicted molar refractivity (Wildman–Crippen MR) is 78.6 cm³/mol. The molecule has 0 radical (unpaired) electrons. The number of benzene rings is 1. The summed E-state index contributed by atoms with van der Waals surface area (Å²) in [6, 6.07) is 5.36. The van der Waals surface area contributed by atoms with Crippen molar-refractivity contribution in [2.45, 2.75) is 52.1 Å². The second-order valence-corrected chi connectivity index (χ2v) is 5.23. The van der Waals surface area contributed by atoms with E-state index >= 15 is 0 Å². The van der Waals surface area contributed by atoms with Crippen LogP contribution in [0.25, 0.3) is 0 Å². The first-order valence-electron chi connectivity index (χ1n) is 6.70. The Bertz CT molecular complexity index is 424. The number of hydrogen-bond donors (Lipinski definition) is 1. The van der Waals surface area contributed by atoms with Gasteiger partial charge in [-0.15, -0.1) is 0 Å². The summed E-state index contributed by atoms with van der Waals surface area (Å²) in [5, 5.41) is 14.3. The van der Waals surface area contributed by atoms with Crippen molar-refractivity contribution in [1.82, 2.24) is 5.32 Å². The Labute approximate surface area is 119 Å². The van der Waals surface area contributed by atoms with E-state index in [9.17, 15) is 10.1 Å². The molecule has 4 nitrogen and oxygen atoms in total. The van der Waals surface area contributed by atoms with Gasteiger partial charge in [0.2, 0.25) is 0 Å². The summed E-state index contributed by atoms with van der Waals surface area (Å²) >= 11 is 5.78. The third-order valence-corrected chi connectivity index (χ3v) is 3.42. The van der Waals surface area contributed by atoms with Crippen LogP contribution in [0.2, 0.25) is 5.02 Å². The van der Waals surface area contributed by atoms with Gasteiger partial charge in [-0.1, -0.05) is 43.9 Å². The number of nitro groups is 1. The van der Waals surface area contributed by atoms with E-state index in [1.807, 2.05) is 6.07 Å². The van der Waals surface area contributed by atoms with Gasteiger partial charge in [0.25, 0.3) is 5.69 Å².